The second-order valence-electron chi connectivity index (χ2n) is 7.71. The number of piperidine rings is 1. The van der Waals surface area contributed by atoms with Gasteiger partial charge in [-0.2, -0.15) is 19.6 Å². The predicted molar refractivity (Wildman–Crippen MR) is 108 cm³/mol. The zero-order valence-corrected chi connectivity index (χ0v) is 17.4. The van der Waals surface area contributed by atoms with Gasteiger partial charge >= 0.3 is 0 Å². The minimum atomic E-state index is -3.54. The van der Waals surface area contributed by atoms with E-state index in [0.717, 1.165) is 0 Å². The van der Waals surface area contributed by atoms with Crippen LogP contribution in [-0.4, -0.2) is 68.9 Å². The van der Waals surface area contributed by atoms with Crippen molar-refractivity contribution in [2.75, 3.05) is 23.7 Å². The van der Waals surface area contributed by atoms with Gasteiger partial charge in [-0.3, -0.25) is 4.68 Å². The van der Waals surface area contributed by atoms with Crippen molar-refractivity contribution in [3.05, 3.63) is 24.2 Å². The number of nitriles is 1. The van der Waals surface area contributed by atoms with E-state index in [-0.39, 0.29) is 23.1 Å². The van der Waals surface area contributed by atoms with Gasteiger partial charge in [-0.05, 0) is 25.7 Å². The molecule has 11 nitrogen and oxygen atoms in total. The molecule has 2 aromatic heterocycles. The maximum Gasteiger partial charge on any atom is 0.246 e. The molecule has 3 N–H and O–H groups in total. The molecule has 0 atom stereocenters. The van der Waals surface area contributed by atoms with E-state index in [1.165, 1.54) is 27.6 Å². The number of aromatic nitrogens is 4. The molecule has 0 unspecified atom stereocenters. The number of nitrogens with one attached hydrogen (secondary N) is 2. The Balaban J connectivity index is 1.37. The highest BCUT2D eigenvalue weighted by molar-refractivity contribution is 7.89. The Morgan fingerprint density at radius 1 is 1.20 bits per heavy atom. The average Bonchev–Trinajstić information content (AvgIpc) is 3.15. The Morgan fingerprint density at radius 2 is 1.93 bits per heavy atom. The summed E-state index contributed by atoms with van der Waals surface area (Å²) < 4.78 is 28.4. The molecule has 0 aromatic carbocycles. The molecule has 2 aromatic rings. The third-order valence-corrected chi connectivity index (χ3v) is 7.32. The molecule has 2 fully saturated rings. The first-order valence-electron chi connectivity index (χ1n) is 9.82. The molecule has 2 aliphatic rings. The minimum absolute atomic E-state index is 0.0247. The Kier molecular flexibility index (Phi) is 5.59. The normalized spacial score (nSPS) is 22.8. The van der Waals surface area contributed by atoms with Crippen LogP contribution < -0.4 is 10.6 Å². The molecule has 160 valence electrons. The summed E-state index contributed by atoms with van der Waals surface area (Å²) in [6, 6.07) is 2.19. The first kappa shape index (κ1) is 20.5. The third kappa shape index (κ3) is 4.23. The molecule has 1 aliphatic carbocycles. The van der Waals surface area contributed by atoms with Gasteiger partial charge in [0.1, 0.15) is 22.3 Å². The van der Waals surface area contributed by atoms with Crippen LogP contribution in [0.25, 0.3) is 0 Å². The minimum Gasteiger partial charge on any atom is -0.393 e. The van der Waals surface area contributed by atoms with E-state index in [1.807, 2.05) is 0 Å². The third-order valence-electron chi connectivity index (χ3n) is 5.47. The summed E-state index contributed by atoms with van der Waals surface area (Å²) in [5.74, 6) is 0.841. The van der Waals surface area contributed by atoms with Crippen LogP contribution in [0.4, 0.5) is 11.8 Å². The van der Waals surface area contributed by atoms with Gasteiger partial charge in [0.25, 0.3) is 0 Å². The van der Waals surface area contributed by atoms with Gasteiger partial charge in [0, 0.05) is 38.4 Å². The van der Waals surface area contributed by atoms with Gasteiger partial charge < -0.3 is 15.7 Å². The fourth-order valence-electron chi connectivity index (χ4n) is 3.65. The number of aliphatic hydroxyl groups excluding tert-OH is 1. The molecule has 0 amide bonds. The number of aryl methyl sites for hydroxylation is 1. The molecule has 0 bridgehead atoms. The van der Waals surface area contributed by atoms with E-state index in [2.05, 4.69) is 31.8 Å². The van der Waals surface area contributed by atoms with Crippen molar-refractivity contribution in [1.29, 1.82) is 5.26 Å². The lowest BCUT2D eigenvalue weighted by Crippen LogP contribution is -2.42. The number of hydrogen-bond acceptors (Lipinski definition) is 9. The fraction of sp³-hybridized carbons (Fsp3) is 0.556. The Hall–Kier alpha value is -2.75. The van der Waals surface area contributed by atoms with Crippen LogP contribution in [0.3, 0.4) is 0 Å². The summed E-state index contributed by atoms with van der Waals surface area (Å²) in [6.07, 6.45) is 6.50. The van der Waals surface area contributed by atoms with Crippen molar-refractivity contribution in [2.45, 2.75) is 48.8 Å². The highest BCUT2D eigenvalue weighted by atomic mass is 32.2. The van der Waals surface area contributed by atoms with E-state index in [4.69, 9.17) is 0 Å². The average molecular weight is 433 g/mol. The SMILES string of the molecule is Cn1cc(S(=O)(=O)N2CCC(Nc3ncc(C#N)c(NC4CC(O)C4)n3)CC2)cn1. The molecule has 3 heterocycles. The van der Waals surface area contributed by atoms with Gasteiger partial charge in [-0.1, -0.05) is 0 Å². The molecule has 1 saturated carbocycles. The molecule has 1 aliphatic heterocycles. The molecule has 30 heavy (non-hydrogen) atoms. The van der Waals surface area contributed by atoms with E-state index in [1.54, 1.807) is 7.05 Å². The van der Waals surface area contributed by atoms with Gasteiger partial charge in [-0.25, -0.2) is 13.4 Å². The standard InChI is InChI=1S/C18H24N8O3S/c1-25-11-16(10-21-25)30(28,29)26-4-2-13(3-5-26)23-18-20-9-12(8-19)17(24-18)22-14-6-15(27)7-14/h9-11,13-15,27H,2-7H2,1H3,(H2,20,22,23,24). The zero-order valence-electron chi connectivity index (χ0n) is 16.6. The van der Waals surface area contributed by atoms with Crippen LogP contribution in [0.15, 0.2) is 23.5 Å². The van der Waals surface area contributed by atoms with Crippen LogP contribution in [-0.2, 0) is 17.1 Å². The van der Waals surface area contributed by atoms with Crippen molar-refractivity contribution in [3.8, 4) is 6.07 Å². The van der Waals surface area contributed by atoms with Crippen LogP contribution in [0.5, 0.6) is 0 Å². The number of aliphatic hydroxyl groups is 1. The Morgan fingerprint density at radius 3 is 2.53 bits per heavy atom. The van der Waals surface area contributed by atoms with Crippen molar-refractivity contribution in [2.24, 2.45) is 7.05 Å². The van der Waals surface area contributed by atoms with E-state index < -0.39 is 10.0 Å². The van der Waals surface area contributed by atoms with Crippen molar-refractivity contribution >= 4 is 21.8 Å². The summed E-state index contributed by atoms with van der Waals surface area (Å²) in [6.45, 7) is 0.770. The molecule has 0 spiro atoms. The highest BCUT2D eigenvalue weighted by Crippen LogP contribution is 2.26. The summed E-state index contributed by atoms with van der Waals surface area (Å²) in [4.78, 5) is 8.83. The Labute approximate surface area is 174 Å². The number of rotatable bonds is 6. The zero-order chi connectivity index (χ0) is 21.3. The van der Waals surface area contributed by atoms with E-state index >= 15 is 0 Å². The van der Waals surface area contributed by atoms with Crippen LogP contribution in [0, 0.1) is 11.3 Å². The quantitative estimate of drug-likeness (QED) is 0.585. The van der Waals surface area contributed by atoms with Crippen molar-refractivity contribution in [1.82, 2.24) is 24.1 Å². The summed E-state index contributed by atoms with van der Waals surface area (Å²) in [7, 11) is -1.86. The lowest BCUT2D eigenvalue weighted by Gasteiger charge is -2.33. The molecule has 12 heteroatoms. The van der Waals surface area contributed by atoms with Crippen LogP contribution >= 0.6 is 0 Å². The maximum atomic E-state index is 12.7. The molecule has 1 saturated heterocycles. The number of anilines is 2. The van der Waals surface area contributed by atoms with Crippen molar-refractivity contribution < 1.29 is 13.5 Å². The Bertz CT molecular complexity index is 1050. The number of nitrogens with zero attached hydrogens (tertiary/aromatic N) is 6. The fourth-order valence-corrected chi connectivity index (χ4v) is 5.10. The smallest absolute Gasteiger partial charge is 0.246 e. The predicted octanol–water partition coefficient (Wildman–Crippen LogP) is 0.282. The lowest BCUT2D eigenvalue weighted by molar-refractivity contribution is 0.0835. The van der Waals surface area contributed by atoms with Crippen molar-refractivity contribution in [3.63, 3.8) is 0 Å². The summed E-state index contributed by atoms with van der Waals surface area (Å²) in [5.41, 5.74) is 0.347. The maximum absolute atomic E-state index is 12.7. The van der Waals surface area contributed by atoms with Gasteiger partial charge in [-0.15, -0.1) is 0 Å². The number of sulfonamides is 1. The van der Waals surface area contributed by atoms with E-state index in [9.17, 15) is 18.8 Å². The second-order valence-corrected chi connectivity index (χ2v) is 9.64. The number of hydrogen-bond donors (Lipinski definition) is 3. The van der Waals surface area contributed by atoms with Crippen LogP contribution in [0.1, 0.15) is 31.2 Å². The summed E-state index contributed by atoms with van der Waals surface area (Å²) >= 11 is 0. The monoisotopic (exact) mass is 432 g/mol. The van der Waals surface area contributed by atoms with E-state index in [0.29, 0.717) is 56.1 Å². The summed E-state index contributed by atoms with van der Waals surface area (Å²) in [5, 5.41) is 29.1. The first-order chi connectivity index (χ1) is 14.3. The second kappa shape index (κ2) is 8.17. The first-order valence-corrected chi connectivity index (χ1v) is 11.3. The molecular weight excluding hydrogens is 408 g/mol. The lowest BCUT2D eigenvalue weighted by atomic mass is 9.89. The van der Waals surface area contributed by atoms with Gasteiger partial charge in [0.15, 0.2) is 0 Å². The molecule has 4 rings (SSSR count). The molecular formula is C18H24N8O3S. The molecule has 0 radical (unpaired) electrons. The van der Waals surface area contributed by atoms with Crippen LogP contribution in [0.2, 0.25) is 0 Å². The highest BCUT2D eigenvalue weighted by Gasteiger charge is 2.31. The largest absolute Gasteiger partial charge is 0.393 e. The van der Waals surface area contributed by atoms with Gasteiger partial charge in [0.2, 0.25) is 16.0 Å². The topological polar surface area (TPSA) is 149 Å². The van der Waals surface area contributed by atoms with Gasteiger partial charge in [0.05, 0.1) is 18.5 Å².